The zero-order chi connectivity index (χ0) is 55.8. The van der Waals surface area contributed by atoms with Gasteiger partial charge in [-0.05, 0) is 62.1 Å². The first-order valence-electron chi connectivity index (χ1n) is 26.0. The van der Waals surface area contributed by atoms with E-state index in [2.05, 4.69) is 42.0 Å². The molecule has 16 atom stereocenters. The number of aliphatic hydroxyl groups is 8. The minimum absolute atomic E-state index is 0.0751. The number of amides is 8. The highest BCUT2D eigenvalue weighted by Crippen LogP contribution is 2.27. The fourth-order valence-corrected chi connectivity index (χ4v) is 9.79. The van der Waals surface area contributed by atoms with Crippen LogP contribution in [0, 0.1) is 11.8 Å². The van der Waals surface area contributed by atoms with Gasteiger partial charge in [-0.2, -0.15) is 0 Å². The summed E-state index contributed by atoms with van der Waals surface area (Å²) in [6.45, 7) is 6.81. The minimum Gasteiger partial charge on any atom is -0.508 e. The molecular weight excluding hydrogens is 985 g/mol. The number of hydrogen-bond acceptors (Lipinski definition) is 17. The molecule has 3 saturated heterocycles. The van der Waals surface area contributed by atoms with Crippen molar-refractivity contribution >= 4 is 47.3 Å². The van der Waals surface area contributed by atoms with Crippen molar-refractivity contribution in [3.05, 3.63) is 29.8 Å². The van der Waals surface area contributed by atoms with E-state index in [0.29, 0.717) is 29.6 Å². The number of rotatable bonds is 20. The van der Waals surface area contributed by atoms with Crippen LogP contribution in [0.3, 0.4) is 0 Å². The van der Waals surface area contributed by atoms with E-state index >= 15 is 0 Å². The molecule has 0 aromatic heterocycles. The summed E-state index contributed by atoms with van der Waals surface area (Å²) < 4.78 is 0. The zero-order valence-corrected chi connectivity index (χ0v) is 43.1. The van der Waals surface area contributed by atoms with Gasteiger partial charge in [0.2, 0.25) is 47.3 Å². The number of aromatic hydroxyl groups is 1. The first kappa shape index (κ1) is 62.0. The number of unbranched alkanes of at least 4 members (excludes halogenated alkanes) is 5. The van der Waals surface area contributed by atoms with Crippen molar-refractivity contribution in [2.45, 2.75) is 203 Å². The Hall–Kier alpha value is -5.54. The maximum absolute atomic E-state index is 14.4. The van der Waals surface area contributed by atoms with Crippen LogP contribution in [0.4, 0.5) is 0 Å². The normalized spacial score (nSPS) is 29.0. The lowest BCUT2D eigenvalue weighted by molar-refractivity contribution is -0.149. The van der Waals surface area contributed by atoms with Crippen molar-refractivity contribution in [3.63, 3.8) is 0 Å². The number of hydrogen-bond donors (Lipinski definition) is 15. The predicted molar refractivity (Wildman–Crippen MR) is 265 cm³/mol. The Morgan fingerprint density at radius 2 is 1.33 bits per heavy atom. The van der Waals surface area contributed by atoms with E-state index in [0.717, 1.165) is 62.5 Å². The molecule has 4 rings (SSSR count). The van der Waals surface area contributed by atoms with Gasteiger partial charge >= 0.3 is 0 Å². The molecule has 1 aromatic carbocycles. The third-order valence-corrected chi connectivity index (χ3v) is 14.3. The molecule has 75 heavy (non-hydrogen) atoms. The topological polar surface area (TPSA) is 411 Å². The van der Waals surface area contributed by atoms with Gasteiger partial charge in [-0.15, -0.1) is 0 Å². The SMILES string of the molecule is CCC(C)CC(C)CCCCCCCCC(=O)N[C@H]1C[C@@H](O)[C@@H](O)NC(=O)[C@@H]2[C@@H](O)[C@@H](O)CN2C(=O)[C@H]([C@H](O)CC(N)=O)NC(=O)[C@H]([C@H](O)[C@@H](O)c2ccc(O)cc2)NC(=O)[C@@H]2CCCN2C(=O)[C@H]([C@@H](C)O)NC1=O. The Kier molecular flexibility index (Phi) is 24.1. The molecule has 0 aliphatic carbocycles. The summed E-state index contributed by atoms with van der Waals surface area (Å²) in [6, 6.07) is -7.28. The lowest BCUT2D eigenvalue weighted by atomic mass is 9.91. The molecule has 8 amide bonds. The second-order valence-electron chi connectivity index (χ2n) is 20.5. The molecule has 3 aliphatic heterocycles. The van der Waals surface area contributed by atoms with Gasteiger partial charge in [0.1, 0.15) is 66.4 Å². The fraction of sp³-hybridized carbons (Fsp3) is 0.720. The summed E-state index contributed by atoms with van der Waals surface area (Å²) in [6.07, 6.45) is -10.3. The highest BCUT2D eigenvalue weighted by Gasteiger charge is 2.51. The standard InChI is InChI=1S/C50H80N8O17/c1-5-25(2)21-26(3)13-10-8-6-7-9-11-15-36(65)52-30-22-33(62)46(71)56-48(73)40-42(67)34(63)24-58(40)50(75)38(32(61)23-35(51)64)54-47(72)39(43(68)41(66)28-16-18-29(60)19-17-28)55-45(70)31-14-12-20-57(31)49(74)37(27(4)59)53-44(30)69/h16-19,25-27,30-34,37-43,46,59-63,66-68,71H,5-15,20-24H2,1-4H3,(H2,51,64)(H,52,65)(H,53,69)(H,54,72)(H,55,70)(H,56,73)/t25?,26?,27-,30+,31+,32-,33-,34+,37+,38+,39+,40+,41+,42+,43+,46-/m1/s1. The predicted octanol–water partition coefficient (Wildman–Crippen LogP) is -3.34. The van der Waals surface area contributed by atoms with E-state index in [1.807, 2.05) is 5.32 Å². The third-order valence-electron chi connectivity index (χ3n) is 14.3. The molecule has 0 saturated carbocycles. The van der Waals surface area contributed by atoms with Crippen molar-refractivity contribution in [2.75, 3.05) is 13.1 Å². The molecule has 1 aromatic rings. The van der Waals surface area contributed by atoms with Gasteiger partial charge in [0.05, 0.1) is 31.3 Å². The van der Waals surface area contributed by atoms with Crippen LogP contribution in [-0.4, -0.2) is 195 Å². The van der Waals surface area contributed by atoms with E-state index in [-0.39, 0.29) is 37.1 Å². The molecule has 25 nitrogen and oxygen atoms in total. The number of fused-ring (bicyclic) bond motifs is 2. The highest BCUT2D eigenvalue weighted by molar-refractivity contribution is 5.98. The molecule has 3 aliphatic rings. The Morgan fingerprint density at radius 3 is 1.96 bits per heavy atom. The molecule has 3 fully saturated rings. The molecule has 0 radical (unpaired) electrons. The van der Waals surface area contributed by atoms with Crippen LogP contribution in [0.1, 0.15) is 129 Å². The molecule has 2 unspecified atom stereocenters. The maximum atomic E-state index is 14.4. The summed E-state index contributed by atoms with van der Waals surface area (Å²) in [5.74, 6) is -8.57. The largest absolute Gasteiger partial charge is 0.508 e. The van der Waals surface area contributed by atoms with Crippen molar-refractivity contribution in [1.29, 1.82) is 0 Å². The van der Waals surface area contributed by atoms with Crippen LogP contribution in [0.2, 0.25) is 0 Å². The van der Waals surface area contributed by atoms with Crippen LogP contribution in [0.15, 0.2) is 24.3 Å². The van der Waals surface area contributed by atoms with E-state index in [9.17, 15) is 84.3 Å². The number of nitrogens with two attached hydrogens (primary N) is 1. The molecular formula is C50H80N8O17. The van der Waals surface area contributed by atoms with Gasteiger partial charge in [-0.25, -0.2) is 0 Å². The summed E-state index contributed by atoms with van der Waals surface area (Å²) in [4.78, 5) is 112. The lowest BCUT2D eigenvalue weighted by Crippen LogP contribution is -2.64. The number of carbonyl (C=O) groups excluding carboxylic acids is 8. The van der Waals surface area contributed by atoms with Crippen molar-refractivity contribution in [3.8, 4) is 5.75 Å². The molecule has 25 heteroatoms. The van der Waals surface area contributed by atoms with Crippen LogP contribution >= 0.6 is 0 Å². The van der Waals surface area contributed by atoms with E-state index in [1.54, 1.807) is 0 Å². The van der Waals surface area contributed by atoms with Crippen LogP contribution < -0.4 is 32.3 Å². The Labute approximate surface area is 436 Å². The van der Waals surface area contributed by atoms with Crippen LogP contribution in [-0.2, 0) is 38.4 Å². The molecule has 3 heterocycles. The first-order chi connectivity index (χ1) is 35.4. The Balaban J connectivity index is 1.69. The monoisotopic (exact) mass is 1060 g/mol. The van der Waals surface area contributed by atoms with Gasteiger partial charge in [-0.3, -0.25) is 38.4 Å². The number of carbonyl (C=O) groups is 8. The average Bonchev–Trinajstić information content (AvgIpc) is 3.97. The number of phenols is 1. The summed E-state index contributed by atoms with van der Waals surface area (Å²) >= 11 is 0. The van der Waals surface area contributed by atoms with E-state index < -0.39 is 152 Å². The van der Waals surface area contributed by atoms with Gasteiger partial charge < -0.3 is 88.1 Å². The zero-order valence-electron chi connectivity index (χ0n) is 43.1. The summed E-state index contributed by atoms with van der Waals surface area (Å²) in [5.41, 5.74) is 5.21. The Bertz CT molecular complexity index is 2100. The molecule has 422 valence electrons. The van der Waals surface area contributed by atoms with Crippen LogP contribution in [0.5, 0.6) is 5.75 Å². The summed E-state index contributed by atoms with van der Waals surface area (Å²) in [5, 5.41) is 110. The number of nitrogens with zero attached hydrogens (tertiary/aromatic N) is 2. The second kappa shape index (κ2) is 29.1. The third kappa shape index (κ3) is 17.5. The molecule has 0 spiro atoms. The number of phenolic OH excluding ortho intramolecular Hbond substituents is 1. The average molecular weight is 1070 g/mol. The number of primary amides is 1. The minimum atomic E-state index is -2.34. The van der Waals surface area contributed by atoms with Gasteiger partial charge in [0.15, 0.2) is 6.23 Å². The number of aliphatic hydroxyl groups excluding tert-OH is 8. The number of benzene rings is 1. The van der Waals surface area contributed by atoms with Crippen LogP contribution in [0.25, 0.3) is 0 Å². The summed E-state index contributed by atoms with van der Waals surface area (Å²) in [7, 11) is 0. The molecule has 0 bridgehead atoms. The van der Waals surface area contributed by atoms with Crippen molar-refractivity contribution < 1.29 is 84.3 Å². The van der Waals surface area contributed by atoms with Gasteiger partial charge in [0, 0.05) is 19.4 Å². The van der Waals surface area contributed by atoms with E-state index in [1.165, 1.54) is 18.6 Å². The van der Waals surface area contributed by atoms with Crippen molar-refractivity contribution in [1.82, 2.24) is 36.4 Å². The van der Waals surface area contributed by atoms with Gasteiger partial charge in [0.25, 0.3) is 0 Å². The van der Waals surface area contributed by atoms with Gasteiger partial charge in [-0.1, -0.05) is 77.8 Å². The fourth-order valence-electron chi connectivity index (χ4n) is 9.79. The Morgan fingerprint density at radius 1 is 0.733 bits per heavy atom. The maximum Gasteiger partial charge on any atom is 0.248 e. The first-order valence-corrected chi connectivity index (χ1v) is 26.0. The van der Waals surface area contributed by atoms with E-state index in [4.69, 9.17) is 5.73 Å². The second-order valence-corrected chi connectivity index (χ2v) is 20.5. The quantitative estimate of drug-likeness (QED) is 0.0568. The smallest absolute Gasteiger partial charge is 0.248 e. The lowest BCUT2D eigenvalue weighted by Gasteiger charge is -2.34. The number of nitrogens with one attached hydrogen (secondary N) is 5. The highest BCUT2D eigenvalue weighted by atomic mass is 16.4. The van der Waals surface area contributed by atoms with Crippen molar-refractivity contribution in [2.24, 2.45) is 17.6 Å². The molecule has 16 N–H and O–H groups in total.